The minimum atomic E-state index is -0.972. The van der Waals surface area contributed by atoms with Gasteiger partial charge in [-0.1, -0.05) is 25.7 Å². The third kappa shape index (κ3) is 2.58. The zero-order valence-corrected chi connectivity index (χ0v) is 12.8. The Bertz CT molecular complexity index is 341. The molecule has 0 N–H and O–H groups in total. The fraction of sp³-hybridized carbons (Fsp3) is 0.692. The lowest BCUT2D eigenvalue weighted by Gasteiger charge is -2.40. The monoisotopic (exact) mass is 254 g/mol. The van der Waals surface area contributed by atoms with E-state index in [2.05, 4.69) is 44.2 Å². The summed E-state index contributed by atoms with van der Waals surface area (Å²) in [6.07, 6.45) is 4.22. The SMILES string of the molecule is C[N@+]1(C[Si](C)(C)C)CCC[C@@H]1c1cccs1. The minimum Gasteiger partial charge on any atom is -0.323 e. The van der Waals surface area contributed by atoms with Crippen molar-refractivity contribution in [1.82, 2.24) is 0 Å². The Morgan fingerprint density at radius 3 is 2.75 bits per heavy atom. The maximum absolute atomic E-state index is 2.50. The minimum absolute atomic E-state index is 0.784. The van der Waals surface area contributed by atoms with E-state index < -0.39 is 8.07 Å². The molecule has 1 aliphatic rings. The molecule has 2 rings (SSSR count). The molecule has 0 unspecified atom stereocenters. The third-order valence-electron chi connectivity index (χ3n) is 3.61. The standard InChI is InChI=1S/C13H24NSSi/c1-14(11-16(2,3)4)9-5-7-12(14)13-8-6-10-15-13/h6,8,10,12H,5,7,9,11H2,1-4H3/q+1/t12-,14-/m1/s1. The van der Waals surface area contributed by atoms with Gasteiger partial charge in [-0.25, -0.2) is 0 Å². The van der Waals surface area contributed by atoms with Gasteiger partial charge in [-0.2, -0.15) is 0 Å². The molecule has 1 aromatic rings. The first-order chi connectivity index (χ1) is 7.41. The predicted molar refractivity (Wildman–Crippen MR) is 75.6 cm³/mol. The van der Waals surface area contributed by atoms with Gasteiger partial charge < -0.3 is 4.48 Å². The summed E-state index contributed by atoms with van der Waals surface area (Å²) < 4.78 is 1.30. The topological polar surface area (TPSA) is 0 Å². The van der Waals surface area contributed by atoms with Crippen LogP contribution in [0.2, 0.25) is 19.6 Å². The van der Waals surface area contributed by atoms with Crippen molar-refractivity contribution >= 4 is 19.4 Å². The van der Waals surface area contributed by atoms with Crippen molar-refractivity contribution in [1.29, 1.82) is 0 Å². The zero-order valence-electron chi connectivity index (χ0n) is 11.0. The Kier molecular flexibility index (Phi) is 3.30. The molecular formula is C13H24NSSi+. The maximum Gasteiger partial charge on any atom is 0.124 e. The van der Waals surface area contributed by atoms with Gasteiger partial charge >= 0.3 is 0 Å². The van der Waals surface area contributed by atoms with E-state index in [1.165, 1.54) is 30.0 Å². The molecule has 0 radical (unpaired) electrons. The maximum atomic E-state index is 2.50. The number of thiophene rings is 1. The highest BCUT2D eigenvalue weighted by Crippen LogP contribution is 2.40. The van der Waals surface area contributed by atoms with Crippen LogP contribution in [0.1, 0.15) is 23.8 Å². The fourth-order valence-corrected chi connectivity index (χ4v) is 6.86. The molecule has 0 amide bonds. The van der Waals surface area contributed by atoms with E-state index in [4.69, 9.17) is 0 Å². The smallest absolute Gasteiger partial charge is 0.124 e. The molecule has 3 heteroatoms. The highest BCUT2D eigenvalue weighted by atomic mass is 32.1. The summed E-state index contributed by atoms with van der Waals surface area (Å²) in [6.45, 7) is 8.88. The lowest BCUT2D eigenvalue weighted by atomic mass is 10.2. The molecule has 0 aliphatic carbocycles. The van der Waals surface area contributed by atoms with Gasteiger partial charge in [-0.3, -0.25) is 0 Å². The van der Waals surface area contributed by atoms with E-state index >= 15 is 0 Å². The Labute approximate surface area is 105 Å². The molecule has 2 heterocycles. The third-order valence-corrected chi connectivity index (χ3v) is 6.25. The van der Waals surface area contributed by atoms with E-state index in [-0.39, 0.29) is 0 Å². The van der Waals surface area contributed by atoms with Gasteiger partial charge in [-0.15, -0.1) is 11.3 Å². The number of quaternary nitrogens is 1. The molecule has 0 saturated carbocycles. The number of hydrogen-bond donors (Lipinski definition) is 0. The van der Waals surface area contributed by atoms with Crippen molar-refractivity contribution in [3.05, 3.63) is 22.4 Å². The normalized spacial score (nSPS) is 30.9. The fourth-order valence-electron chi connectivity index (χ4n) is 3.32. The Morgan fingerprint density at radius 2 is 2.19 bits per heavy atom. The molecule has 1 fully saturated rings. The Balaban J connectivity index is 2.20. The van der Waals surface area contributed by atoms with Gasteiger partial charge in [0.15, 0.2) is 0 Å². The second kappa shape index (κ2) is 4.28. The molecule has 1 aliphatic heterocycles. The van der Waals surface area contributed by atoms with Crippen molar-refractivity contribution < 1.29 is 4.48 Å². The second-order valence-corrected chi connectivity index (χ2v) is 13.0. The molecule has 16 heavy (non-hydrogen) atoms. The van der Waals surface area contributed by atoms with Crippen LogP contribution in [0.4, 0.5) is 0 Å². The summed E-state index contributed by atoms with van der Waals surface area (Å²) in [5.74, 6) is 0. The van der Waals surface area contributed by atoms with Gasteiger partial charge in [0.2, 0.25) is 0 Å². The first-order valence-electron chi connectivity index (χ1n) is 6.28. The molecule has 0 spiro atoms. The summed E-state index contributed by atoms with van der Waals surface area (Å²) >= 11 is 1.95. The molecule has 1 saturated heterocycles. The van der Waals surface area contributed by atoms with Crippen LogP contribution in [0.5, 0.6) is 0 Å². The zero-order chi connectivity index (χ0) is 11.8. The van der Waals surface area contributed by atoms with Crippen LogP contribution in [-0.4, -0.2) is 32.3 Å². The number of hydrogen-bond acceptors (Lipinski definition) is 1. The Morgan fingerprint density at radius 1 is 1.44 bits per heavy atom. The second-order valence-electron chi connectivity index (χ2n) is 6.60. The van der Waals surface area contributed by atoms with Crippen LogP contribution in [0, 0.1) is 0 Å². The highest BCUT2D eigenvalue weighted by molar-refractivity contribution is 7.10. The molecular weight excluding hydrogens is 230 g/mol. The van der Waals surface area contributed by atoms with E-state index in [0.717, 1.165) is 6.04 Å². The summed E-state index contributed by atoms with van der Waals surface area (Å²) in [5.41, 5.74) is 0. The lowest BCUT2D eigenvalue weighted by Crippen LogP contribution is -2.52. The van der Waals surface area contributed by atoms with Gasteiger partial charge in [0.25, 0.3) is 0 Å². The molecule has 1 nitrogen and oxygen atoms in total. The number of nitrogens with zero attached hydrogens (tertiary/aromatic N) is 1. The van der Waals surface area contributed by atoms with Crippen LogP contribution in [-0.2, 0) is 0 Å². The molecule has 0 bridgehead atoms. The Hall–Kier alpha value is -0.123. The summed E-state index contributed by atoms with van der Waals surface area (Å²) in [7, 11) is 1.51. The molecule has 1 aromatic heterocycles. The van der Waals surface area contributed by atoms with Crippen molar-refractivity contribution in [2.45, 2.75) is 38.5 Å². The van der Waals surface area contributed by atoms with E-state index in [1.807, 2.05) is 11.3 Å². The molecule has 90 valence electrons. The summed E-state index contributed by atoms with van der Waals surface area (Å²) in [6, 6.07) is 5.32. The van der Waals surface area contributed by atoms with Crippen LogP contribution in [0.3, 0.4) is 0 Å². The van der Waals surface area contributed by atoms with Crippen LogP contribution < -0.4 is 0 Å². The average Bonchev–Trinajstić information content (AvgIpc) is 2.69. The van der Waals surface area contributed by atoms with E-state index in [9.17, 15) is 0 Å². The van der Waals surface area contributed by atoms with Crippen LogP contribution in [0.15, 0.2) is 17.5 Å². The van der Waals surface area contributed by atoms with Gasteiger partial charge in [-0.05, 0) is 11.4 Å². The van der Waals surface area contributed by atoms with Gasteiger partial charge in [0, 0.05) is 12.8 Å². The van der Waals surface area contributed by atoms with Crippen molar-refractivity contribution in [3.63, 3.8) is 0 Å². The van der Waals surface area contributed by atoms with Gasteiger partial charge in [0.1, 0.15) is 14.1 Å². The summed E-state index contributed by atoms with van der Waals surface area (Å²) in [4.78, 5) is 1.61. The lowest BCUT2D eigenvalue weighted by molar-refractivity contribution is -0.917. The number of likely N-dealkylation sites (tertiary alicyclic amines) is 1. The van der Waals surface area contributed by atoms with Crippen LogP contribution in [0.25, 0.3) is 0 Å². The van der Waals surface area contributed by atoms with Crippen molar-refractivity contribution in [2.75, 3.05) is 19.8 Å². The highest BCUT2D eigenvalue weighted by Gasteiger charge is 2.42. The largest absolute Gasteiger partial charge is 0.323 e. The first kappa shape index (κ1) is 12.3. The molecule has 2 atom stereocenters. The van der Waals surface area contributed by atoms with E-state index in [1.54, 1.807) is 4.88 Å². The number of rotatable bonds is 3. The van der Waals surface area contributed by atoms with E-state index in [0.29, 0.717) is 0 Å². The van der Waals surface area contributed by atoms with Crippen molar-refractivity contribution in [2.24, 2.45) is 0 Å². The van der Waals surface area contributed by atoms with Crippen molar-refractivity contribution in [3.8, 4) is 0 Å². The predicted octanol–water partition coefficient (Wildman–Crippen LogP) is 3.91. The average molecular weight is 254 g/mol. The summed E-state index contributed by atoms with van der Waals surface area (Å²) in [5, 5.41) is 2.23. The van der Waals surface area contributed by atoms with Gasteiger partial charge in [0.05, 0.1) is 24.6 Å². The first-order valence-corrected chi connectivity index (χ1v) is 10.9. The van der Waals surface area contributed by atoms with Crippen LogP contribution >= 0.6 is 11.3 Å². The quantitative estimate of drug-likeness (QED) is 0.567. The molecule has 0 aromatic carbocycles.